The normalized spacial score (nSPS) is 14.1. The fourth-order valence-corrected chi connectivity index (χ4v) is 2.04. The van der Waals surface area contributed by atoms with Gasteiger partial charge in [-0.1, -0.05) is 26.0 Å². The zero-order valence-corrected chi connectivity index (χ0v) is 11.8. The van der Waals surface area contributed by atoms with Gasteiger partial charge < -0.3 is 10.1 Å². The summed E-state index contributed by atoms with van der Waals surface area (Å²) in [5, 5.41) is 14.2. The van der Waals surface area contributed by atoms with Gasteiger partial charge in [0.2, 0.25) is 0 Å². The Kier molecular flexibility index (Phi) is 6.45. The number of nitrogens with one attached hydrogen (secondary N) is 1. The molecule has 2 atom stereocenters. The van der Waals surface area contributed by atoms with Crippen LogP contribution in [0.1, 0.15) is 31.9 Å². The van der Waals surface area contributed by atoms with E-state index in [4.69, 9.17) is 4.74 Å². The number of nitrogens with zero attached hydrogens (tertiary/aromatic N) is 1. The van der Waals surface area contributed by atoms with E-state index in [9.17, 15) is 10.1 Å². The Bertz CT molecular complexity index is 409. The minimum atomic E-state index is -0.357. The molecule has 0 aromatic heterocycles. The molecule has 0 spiro atoms. The summed E-state index contributed by atoms with van der Waals surface area (Å²) in [6.07, 6.45) is 0.890. The summed E-state index contributed by atoms with van der Waals surface area (Å²) < 4.78 is 5.10. The van der Waals surface area contributed by atoms with Crippen molar-refractivity contribution in [2.24, 2.45) is 5.92 Å². The Morgan fingerprint density at radius 1 is 1.47 bits per heavy atom. The van der Waals surface area contributed by atoms with E-state index in [2.05, 4.69) is 19.2 Å². The number of rotatable bonds is 8. The fraction of sp³-hybridized carbons (Fsp3) is 0.571. The van der Waals surface area contributed by atoms with Crippen molar-refractivity contribution in [1.82, 2.24) is 5.32 Å². The van der Waals surface area contributed by atoms with Gasteiger partial charge in [-0.25, -0.2) is 0 Å². The second-order valence-corrected chi connectivity index (χ2v) is 4.78. The molecule has 0 saturated carbocycles. The first-order valence-corrected chi connectivity index (χ1v) is 6.55. The van der Waals surface area contributed by atoms with E-state index in [1.807, 2.05) is 6.07 Å². The highest BCUT2D eigenvalue weighted by molar-refractivity contribution is 5.35. The first-order valence-electron chi connectivity index (χ1n) is 6.55. The molecule has 5 nitrogen and oxygen atoms in total. The van der Waals surface area contributed by atoms with Crippen LogP contribution in [-0.4, -0.2) is 25.2 Å². The van der Waals surface area contributed by atoms with Gasteiger partial charge in [-0.05, 0) is 17.9 Å². The molecule has 0 aliphatic carbocycles. The second kappa shape index (κ2) is 7.86. The molecule has 1 aromatic carbocycles. The van der Waals surface area contributed by atoms with E-state index in [0.29, 0.717) is 12.5 Å². The fourth-order valence-electron chi connectivity index (χ4n) is 2.04. The maximum absolute atomic E-state index is 10.8. The standard InChI is InChI=1S/C14H22N2O3/c1-4-14(15-9-11(2)10-19-3)12-6-5-7-13(8-12)16(17)18/h5-8,11,14-15H,4,9-10H2,1-3H3. The van der Waals surface area contributed by atoms with Gasteiger partial charge in [-0.3, -0.25) is 10.1 Å². The average Bonchev–Trinajstić information content (AvgIpc) is 2.40. The minimum absolute atomic E-state index is 0.138. The number of non-ortho nitro benzene ring substituents is 1. The third kappa shape index (κ3) is 4.96. The molecule has 0 aliphatic heterocycles. The zero-order chi connectivity index (χ0) is 14.3. The molecule has 1 rings (SSSR count). The van der Waals surface area contributed by atoms with Crippen molar-refractivity contribution in [2.45, 2.75) is 26.3 Å². The van der Waals surface area contributed by atoms with Crippen LogP contribution in [0.25, 0.3) is 0 Å². The number of nitro groups is 1. The first kappa shape index (κ1) is 15.6. The molecular weight excluding hydrogens is 244 g/mol. The number of nitro benzene ring substituents is 1. The van der Waals surface area contributed by atoms with E-state index < -0.39 is 0 Å². The molecule has 106 valence electrons. The Morgan fingerprint density at radius 3 is 2.79 bits per heavy atom. The average molecular weight is 266 g/mol. The highest BCUT2D eigenvalue weighted by Gasteiger charge is 2.14. The van der Waals surface area contributed by atoms with Crippen LogP contribution in [0, 0.1) is 16.0 Å². The van der Waals surface area contributed by atoms with Gasteiger partial charge in [0.1, 0.15) is 0 Å². The third-order valence-corrected chi connectivity index (χ3v) is 3.06. The molecule has 0 aliphatic rings. The summed E-state index contributed by atoms with van der Waals surface area (Å²) in [7, 11) is 1.69. The molecule has 0 amide bonds. The maximum atomic E-state index is 10.8. The predicted octanol–water partition coefficient (Wildman–Crippen LogP) is 2.92. The van der Waals surface area contributed by atoms with Crippen LogP contribution in [-0.2, 0) is 4.74 Å². The van der Waals surface area contributed by atoms with E-state index in [0.717, 1.165) is 18.5 Å². The van der Waals surface area contributed by atoms with Crippen LogP contribution in [0.15, 0.2) is 24.3 Å². The quantitative estimate of drug-likeness (QED) is 0.580. The molecule has 0 bridgehead atoms. The summed E-state index contributed by atoms with van der Waals surface area (Å²) in [6.45, 7) is 5.71. The zero-order valence-electron chi connectivity index (χ0n) is 11.8. The second-order valence-electron chi connectivity index (χ2n) is 4.78. The lowest BCUT2D eigenvalue weighted by Crippen LogP contribution is -2.27. The molecule has 0 saturated heterocycles. The van der Waals surface area contributed by atoms with E-state index >= 15 is 0 Å². The lowest BCUT2D eigenvalue weighted by molar-refractivity contribution is -0.384. The van der Waals surface area contributed by atoms with E-state index in [1.54, 1.807) is 19.2 Å². The smallest absolute Gasteiger partial charge is 0.269 e. The van der Waals surface area contributed by atoms with Gasteiger partial charge in [0, 0.05) is 38.4 Å². The van der Waals surface area contributed by atoms with Gasteiger partial charge in [0.25, 0.3) is 5.69 Å². The van der Waals surface area contributed by atoms with E-state index in [-0.39, 0.29) is 16.7 Å². The van der Waals surface area contributed by atoms with Crippen LogP contribution in [0.4, 0.5) is 5.69 Å². The lowest BCUT2D eigenvalue weighted by Gasteiger charge is -2.20. The van der Waals surface area contributed by atoms with Crippen LogP contribution in [0.3, 0.4) is 0 Å². The van der Waals surface area contributed by atoms with Crippen molar-refractivity contribution in [3.63, 3.8) is 0 Å². The molecule has 1 N–H and O–H groups in total. The van der Waals surface area contributed by atoms with Crippen LogP contribution in [0.2, 0.25) is 0 Å². The van der Waals surface area contributed by atoms with Crippen molar-refractivity contribution in [2.75, 3.05) is 20.3 Å². The SMILES string of the molecule is CCC(NCC(C)COC)c1cccc([N+](=O)[O-])c1. The van der Waals surface area contributed by atoms with Crippen molar-refractivity contribution in [1.29, 1.82) is 0 Å². The van der Waals surface area contributed by atoms with Gasteiger partial charge in [-0.15, -0.1) is 0 Å². The summed E-state index contributed by atoms with van der Waals surface area (Å²) in [5.74, 6) is 0.415. The number of ether oxygens (including phenoxy) is 1. The minimum Gasteiger partial charge on any atom is -0.384 e. The molecule has 2 unspecified atom stereocenters. The van der Waals surface area contributed by atoms with Crippen molar-refractivity contribution in [3.8, 4) is 0 Å². The Labute approximate surface area is 114 Å². The molecule has 1 aromatic rings. The van der Waals surface area contributed by atoms with Crippen molar-refractivity contribution >= 4 is 5.69 Å². The van der Waals surface area contributed by atoms with Crippen LogP contribution in [0.5, 0.6) is 0 Å². The topological polar surface area (TPSA) is 64.4 Å². The number of hydrogen-bond acceptors (Lipinski definition) is 4. The summed E-state index contributed by atoms with van der Waals surface area (Å²) in [4.78, 5) is 10.4. The third-order valence-electron chi connectivity index (χ3n) is 3.06. The molecule has 19 heavy (non-hydrogen) atoms. The molecule has 0 heterocycles. The summed E-state index contributed by atoms with van der Waals surface area (Å²) >= 11 is 0. The van der Waals surface area contributed by atoms with Gasteiger partial charge in [0.05, 0.1) is 4.92 Å². The number of methoxy groups -OCH3 is 1. The Balaban J connectivity index is 2.68. The van der Waals surface area contributed by atoms with Crippen LogP contribution >= 0.6 is 0 Å². The Morgan fingerprint density at radius 2 is 2.21 bits per heavy atom. The molecule has 0 fully saturated rings. The van der Waals surface area contributed by atoms with Gasteiger partial charge >= 0.3 is 0 Å². The predicted molar refractivity (Wildman–Crippen MR) is 75.2 cm³/mol. The largest absolute Gasteiger partial charge is 0.384 e. The Hall–Kier alpha value is -1.46. The molecule has 0 radical (unpaired) electrons. The first-order chi connectivity index (χ1) is 9.08. The maximum Gasteiger partial charge on any atom is 0.269 e. The van der Waals surface area contributed by atoms with E-state index in [1.165, 1.54) is 6.07 Å². The van der Waals surface area contributed by atoms with Crippen molar-refractivity contribution < 1.29 is 9.66 Å². The summed E-state index contributed by atoms with van der Waals surface area (Å²) in [5.41, 5.74) is 1.10. The monoisotopic (exact) mass is 266 g/mol. The van der Waals surface area contributed by atoms with Gasteiger partial charge in [0.15, 0.2) is 0 Å². The molecule has 5 heteroatoms. The van der Waals surface area contributed by atoms with Crippen LogP contribution < -0.4 is 5.32 Å². The number of hydrogen-bond donors (Lipinski definition) is 1. The van der Waals surface area contributed by atoms with Crippen molar-refractivity contribution in [3.05, 3.63) is 39.9 Å². The number of benzene rings is 1. The highest BCUT2D eigenvalue weighted by atomic mass is 16.6. The van der Waals surface area contributed by atoms with Gasteiger partial charge in [-0.2, -0.15) is 0 Å². The molecular formula is C14H22N2O3. The summed E-state index contributed by atoms with van der Waals surface area (Å²) in [6, 6.07) is 6.96. The lowest BCUT2D eigenvalue weighted by atomic mass is 10.0. The highest BCUT2D eigenvalue weighted by Crippen LogP contribution is 2.21.